The van der Waals surface area contributed by atoms with Crippen molar-refractivity contribution in [2.24, 2.45) is 0 Å². The zero-order chi connectivity index (χ0) is 13.0. The smallest absolute Gasteiger partial charge is 0.228 e. The highest BCUT2D eigenvalue weighted by Gasteiger charge is 2.04. The Bertz CT molecular complexity index is 552. The zero-order valence-electron chi connectivity index (χ0n) is 10.1. The molecule has 2 aromatic carbocycles. The van der Waals surface area contributed by atoms with E-state index in [0.717, 1.165) is 21.3 Å². The van der Waals surface area contributed by atoms with Crippen LogP contribution in [0.25, 0.3) is 0 Å². The van der Waals surface area contributed by atoms with Gasteiger partial charge in [-0.05, 0) is 36.2 Å². The predicted octanol–water partition coefficient (Wildman–Crippen LogP) is 3.94. The van der Waals surface area contributed by atoms with Gasteiger partial charge in [0.05, 0.1) is 6.42 Å². The summed E-state index contributed by atoms with van der Waals surface area (Å²) in [5.41, 5.74) is 2.95. The highest BCUT2D eigenvalue weighted by Crippen LogP contribution is 2.20. The number of carbonyl (C=O) groups excluding carboxylic acids is 1. The monoisotopic (exact) mass is 303 g/mol. The van der Waals surface area contributed by atoms with Crippen LogP contribution < -0.4 is 5.32 Å². The lowest BCUT2D eigenvalue weighted by molar-refractivity contribution is -0.115. The summed E-state index contributed by atoms with van der Waals surface area (Å²) in [6.07, 6.45) is 0.399. The van der Waals surface area contributed by atoms with Crippen molar-refractivity contribution in [1.82, 2.24) is 0 Å². The fourth-order valence-corrected chi connectivity index (χ4v) is 1.96. The van der Waals surface area contributed by atoms with Crippen molar-refractivity contribution in [3.63, 3.8) is 0 Å². The van der Waals surface area contributed by atoms with E-state index in [1.165, 1.54) is 0 Å². The minimum absolute atomic E-state index is 0.00271. The number of amides is 1. The number of carbonyl (C=O) groups is 1. The van der Waals surface area contributed by atoms with E-state index in [4.69, 9.17) is 0 Å². The number of hydrogen-bond acceptors (Lipinski definition) is 1. The third-order valence-corrected chi connectivity index (χ3v) is 3.54. The number of anilines is 1. The molecule has 0 heterocycles. The number of rotatable bonds is 3. The van der Waals surface area contributed by atoms with E-state index >= 15 is 0 Å². The molecule has 0 bridgehead atoms. The van der Waals surface area contributed by atoms with Crippen LogP contribution in [0.5, 0.6) is 0 Å². The Hall–Kier alpha value is -1.61. The first-order valence-electron chi connectivity index (χ1n) is 5.75. The number of nitrogens with one attached hydrogen (secondary N) is 1. The first-order chi connectivity index (χ1) is 8.65. The van der Waals surface area contributed by atoms with Crippen LogP contribution in [0, 0.1) is 6.92 Å². The highest BCUT2D eigenvalue weighted by molar-refractivity contribution is 9.10. The van der Waals surface area contributed by atoms with Gasteiger partial charge in [-0.2, -0.15) is 0 Å². The largest absolute Gasteiger partial charge is 0.326 e. The third-order valence-electron chi connectivity index (χ3n) is 2.65. The van der Waals surface area contributed by atoms with E-state index in [2.05, 4.69) is 21.2 Å². The molecule has 0 saturated heterocycles. The summed E-state index contributed by atoms with van der Waals surface area (Å²) in [6.45, 7) is 2.00. The number of aryl methyl sites for hydroxylation is 1. The summed E-state index contributed by atoms with van der Waals surface area (Å²) in [7, 11) is 0. The maximum Gasteiger partial charge on any atom is 0.228 e. The van der Waals surface area contributed by atoms with Crippen molar-refractivity contribution in [2.45, 2.75) is 13.3 Å². The van der Waals surface area contributed by atoms with Crippen LogP contribution in [-0.4, -0.2) is 5.91 Å². The van der Waals surface area contributed by atoms with Crippen LogP contribution in [0.3, 0.4) is 0 Å². The summed E-state index contributed by atoms with van der Waals surface area (Å²) < 4.78 is 1.04. The Kier molecular flexibility index (Phi) is 4.15. The van der Waals surface area contributed by atoms with Gasteiger partial charge in [-0.3, -0.25) is 4.79 Å². The topological polar surface area (TPSA) is 29.1 Å². The van der Waals surface area contributed by atoms with E-state index in [1.807, 2.05) is 55.5 Å². The number of hydrogen-bond donors (Lipinski definition) is 1. The molecule has 0 aliphatic rings. The van der Waals surface area contributed by atoms with Crippen molar-refractivity contribution in [2.75, 3.05) is 5.32 Å². The van der Waals surface area contributed by atoms with Crippen molar-refractivity contribution in [1.29, 1.82) is 0 Å². The van der Waals surface area contributed by atoms with Gasteiger partial charge in [-0.15, -0.1) is 0 Å². The lowest BCUT2D eigenvalue weighted by atomic mass is 10.1. The lowest BCUT2D eigenvalue weighted by Gasteiger charge is -2.07. The maximum atomic E-state index is 11.9. The molecule has 0 spiro atoms. The predicted molar refractivity (Wildman–Crippen MR) is 77.7 cm³/mol. The second-order valence-electron chi connectivity index (χ2n) is 4.17. The van der Waals surface area contributed by atoms with Gasteiger partial charge < -0.3 is 5.32 Å². The molecule has 0 aliphatic heterocycles. The van der Waals surface area contributed by atoms with Gasteiger partial charge in [-0.25, -0.2) is 0 Å². The molecule has 0 fully saturated rings. The Morgan fingerprint density at radius 3 is 2.56 bits per heavy atom. The Morgan fingerprint density at radius 2 is 1.89 bits per heavy atom. The van der Waals surface area contributed by atoms with Gasteiger partial charge >= 0.3 is 0 Å². The van der Waals surface area contributed by atoms with Crippen LogP contribution in [0.4, 0.5) is 5.69 Å². The molecule has 0 radical (unpaired) electrons. The van der Waals surface area contributed by atoms with Crippen LogP contribution in [0.2, 0.25) is 0 Å². The molecule has 92 valence electrons. The van der Waals surface area contributed by atoms with Gasteiger partial charge in [0.2, 0.25) is 5.91 Å². The molecule has 2 nitrogen and oxygen atoms in total. The molecule has 0 aromatic heterocycles. The van der Waals surface area contributed by atoms with Gasteiger partial charge in [0, 0.05) is 10.2 Å². The van der Waals surface area contributed by atoms with Crippen LogP contribution in [-0.2, 0) is 11.2 Å². The molecule has 0 aliphatic carbocycles. The highest BCUT2D eigenvalue weighted by atomic mass is 79.9. The van der Waals surface area contributed by atoms with E-state index < -0.39 is 0 Å². The van der Waals surface area contributed by atoms with E-state index in [1.54, 1.807) is 0 Å². The van der Waals surface area contributed by atoms with E-state index in [9.17, 15) is 4.79 Å². The fraction of sp³-hybridized carbons (Fsp3) is 0.133. The zero-order valence-corrected chi connectivity index (χ0v) is 11.7. The molecule has 0 atom stereocenters. The minimum Gasteiger partial charge on any atom is -0.326 e. The summed E-state index contributed by atoms with van der Waals surface area (Å²) in [4.78, 5) is 11.9. The van der Waals surface area contributed by atoms with Gasteiger partial charge in [0.25, 0.3) is 0 Å². The van der Waals surface area contributed by atoms with Crippen LogP contribution in [0.15, 0.2) is 53.0 Å². The Morgan fingerprint density at radius 1 is 1.17 bits per heavy atom. The first kappa shape index (κ1) is 12.8. The summed E-state index contributed by atoms with van der Waals surface area (Å²) >= 11 is 3.44. The quantitative estimate of drug-likeness (QED) is 0.914. The Labute approximate surface area is 115 Å². The third kappa shape index (κ3) is 3.44. The summed E-state index contributed by atoms with van der Waals surface area (Å²) in [6, 6.07) is 15.5. The van der Waals surface area contributed by atoms with Gasteiger partial charge in [-0.1, -0.05) is 46.3 Å². The molecule has 0 saturated carbocycles. The van der Waals surface area contributed by atoms with Crippen LogP contribution in [0.1, 0.15) is 11.1 Å². The fourth-order valence-electron chi connectivity index (χ4n) is 1.71. The average Bonchev–Trinajstić information content (AvgIpc) is 2.35. The molecule has 3 heteroatoms. The Balaban J connectivity index is 2.01. The average molecular weight is 304 g/mol. The van der Waals surface area contributed by atoms with Gasteiger partial charge in [0.1, 0.15) is 0 Å². The number of benzene rings is 2. The van der Waals surface area contributed by atoms with Crippen molar-refractivity contribution >= 4 is 27.5 Å². The van der Waals surface area contributed by atoms with Crippen molar-refractivity contribution < 1.29 is 4.79 Å². The molecule has 1 amide bonds. The molecule has 1 N–H and O–H groups in total. The van der Waals surface area contributed by atoms with Gasteiger partial charge in [0.15, 0.2) is 0 Å². The SMILES string of the molecule is Cc1cc(NC(=O)Cc2ccccc2)ccc1Br. The standard InChI is InChI=1S/C15H14BrNO/c1-11-9-13(7-8-14(11)16)17-15(18)10-12-5-3-2-4-6-12/h2-9H,10H2,1H3,(H,17,18). The second kappa shape index (κ2) is 5.83. The van der Waals surface area contributed by atoms with Crippen LogP contribution >= 0.6 is 15.9 Å². The van der Waals surface area contributed by atoms with E-state index in [0.29, 0.717) is 6.42 Å². The summed E-state index contributed by atoms with van der Waals surface area (Å²) in [5, 5.41) is 2.90. The molecular weight excluding hydrogens is 290 g/mol. The molecule has 0 unspecified atom stereocenters. The maximum absolute atomic E-state index is 11.9. The van der Waals surface area contributed by atoms with Crippen molar-refractivity contribution in [3.05, 3.63) is 64.1 Å². The molecular formula is C15H14BrNO. The first-order valence-corrected chi connectivity index (χ1v) is 6.54. The minimum atomic E-state index is 0.00271. The molecule has 2 aromatic rings. The molecule has 18 heavy (non-hydrogen) atoms. The van der Waals surface area contributed by atoms with E-state index in [-0.39, 0.29) is 5.91 Å². The molecule has 2 rings (SSSR count). The normalized spacial score (nSPS) is 10.1. The van der Waals surface area contributed by atoms with Crippen molar-refractivity contribution in [3.8, 4) is 0 Å². The summed E-state index contributed by atoms with van der Waals surface area (Å²) in [5.74, 6) is 0.00271. The lowest BCUT2D eigenvalue weighted by Crippen LogP contribution is -2.14. The number of halogens is 1. The second-order valence-corrected chi connectivity index (χ2v) is 5.03.